The summed E-state index contributed by atoms with van der Waals surface area (Å²) in [7, 11) is -4.20. The number of hydrogen-bond acceptors (Lipinski definition) is 7. The summed E-state index contributed by atoms with van der Waals surface area (Å²) < 4.78 is 17.7. The van der Waals surface area contributed by atoms with Gasteiger partial charge in [-0.05, 0) is 5.56 Å². The number of aliphatic hydroxyl groups is 3. The lowest BCUT2D eigenvalue weighted by atomic mass is 9.96. The number of carbonyl (C=O) groups excluding carboxylic acids is 1. The molecule has 0 saturated carbocycles. The quantitative estimate of drug-likeness (QED) is 0.369. The van der Waals surface area contributed by atoms with Crippen molar-refractivity contribution in [3.8, 4) is 0 Å². The fourth-order valence-electron chi connectivity index (χ4n) is 2.69. The maximum absolute atomic E-state index is 12.4. The predicted octanol–water partition coefficient (Wildman–Crippen LogP) is -1.73. The van der Waals surface area contributed by atoms with Crippen molar-refractivity contribution >= 4 is 13.4 Å². The molecule has 6 atom stereocenters. The largest absolute Gasteiger partial charge is 0.788 e. The van der Waals surface area contributed by atoms with Crippen molar-refractivity contribution in [3.63, 3.8) is 0 Å². The van der Waals surface area contributed by atoms with Crippen molar-refractivity contribution in [1.82, 2.24) is 10.4 Å². The third-order valence-electron chi connectivity index (χ3n) is 3.85. The number of aliphatic hydroxyl groups excluding tert-OH is 3. The second-order valence-electron chi connectivity index (χ2n) is 5.93. The summed E-state index contributed by atoms with van der Waals surface area (Å²) in [6, 6.07) is 7.26. The third kappa shape index (κ3) is 5.32. The molecule has 1 fully saturated rings. The van der Waals surface area contributed by atoms with Gasteiger partial charge in [0.15, 0.2) is 0 Å². The molecule has 10 heteroatoms. The first-order valence-corrected chi connectivity index (χ1v) is 9.56. The minimum absolute atomic E-state index is 0.303. The van der Waals surface area contributed by atoms with E-state index >= 15 is 0 Å². The van der Waals surface area contributed by atoms with E-state index in [1.54, 1.807) is 30.3 Å². The van der Waals surface area contributed by atoms with Gasteiger partial charge in [-0.3, -0.25) is 4.79 Å². The molecule has 0 spiro atoms. The van der Waals surface area contributed by atoms with Crippen LogP contribution in [0.25, 0.3) is 0 Å². The molecule has 1 aromatic rings. The highest BCUT2D eigenvalue weighted by Crippen LogP contribution is 2.37. The molecule has 1 aromatic carbocycles. The monoisotopic (exact) mass is 373 g/mol. The lowest BCUT2D eigenvalue weighted by Gasteiger charge is -2.44. The Bertz CT molecular complexity index is 630. The molecule has 1 aliphatic heterocycles. The molecule has 0 aromatic heterocycles. The first-order valence-electron chi connectivity index (χ1n) is 7.75. The van der Waals surface area contributed by atoms with Crippen molar-refractivity contribution in [2.75, 3.05) is 6.61 Å². The highest BCUT2D eigenvalue weighted by molar-refractivity contribution is 7.53. The topological polar surface area (TPSA) is 151 Å². The Labute approximate surface area is 145 Å². The minimum atomic E-state index is -4.20. The zero-order chi connectivity index (χ0) is 18.6. The second kappa shape index (κ2) is 8.37. The highest BCUT2D eigenvalue weighted by Gasteiger charge is 2.45. The summed E-state index contributed by atoms with van der Waals surface area (Å²) in [4.78, 5) is 23.7. The Kier molecular flexibility index (Phi) is 6.70. The zero-order valence-electron chi connectivity index (χ0n) is 13.6. The van der Waals surface area contributed by atoms with E-state index in [0.29, 0.717) is 5.56 Å². The Hall–Kier alpha value is -1.32. The van der Waals surface area contributed by atoms with Gasteiger partial charge in [0, 0.05) is 13.1 Å². The summed E-state index contributed by atoms with van der Waals surface area (Å²) in [5, 5.41) is 34.0. The lowest BCUT2D eigenvalue weighted by Crippen LogP contribution is -2.67. The van der Waals surface area contributed by atoms with Gasteiger partial charge in [-0.15, -0.1) is 0 Å². The molecule has 1 heterocycles. The van der Waals surface area contributed by atoms with Crippen LogP contribution < -0.4 is 15.3 Å². The Morgan fingerprint density at radius 1 is 1.28 bits per heavy atom. The number of rotatable bonds is 6. The smallest absolute Gasteiger partial charge is 0.217 e. The molecule has 1 unspecified atom stereocenters. The van der Waals surface area contributed by atoms with Crippen LogP contribution in [0, 0.1) is 0 Å². The highest BCUT2D eigenvalue weighted by atomic mass is 31.2. The van der Waals surface area contributed by atoms with Gasteiger partial charge in [-0.2, -0.15) is 0 Å². The van der Waals surface area contributed by atoms with Gasteiger partial charge in [0.25, 0.3) is 0 Å². The van der Waals surface area contributed by atoms with Crippen molar-refractivity contribution < 1.29 is 34.3 Å². The van der Waals surface area contributed by atoms with Crippen LogP contribution in [0.5, 0.6) is 0 Å². The van der Waals surface area contributed by atoms with Gasteiger partial charge >= 0.3 is 0 Å². The lowest BCUT2D eigenvalue weighted by molar-refractivity contribution is -0.211. The maximum Gasteiger partial charge on any atom is 0.217 e. The van der Waals surface area contributed by atoms with Crippen molar-refractivity contribution in [1.29, 1.82) is 0 Å². The molecule has 0 aliphatic carbocycles. The van der Waals surface area contributed by atoms with E-state index in [1.807, 2.05) is 0 Å². The predicted molar refractivity (Wildman–Crippen MR) is 86.3 cm³/mol. The first kappa shape index (κ1) is 20.0. The van der Waals surface area contributed by atoms with Gasteiger partial charge in [0.05, 0.1) is 20.2 Å². The van der Waals surface area contributed by atoms with E-state index < -0.39 is 50.6 Å². The third-order valence-corrected chi connectivity index (χ3v) is 5.28. The molecule has 1 saturated heterocycles. The molecule has 1 aliphatic rings. The molecule has 0 bridgehead atoms. The van der Waals surface area contributed by atoms with Crippen LogP contribution in [-0.4, -0.2) is 58.4 Å². The van der Waals surface area contributed by atoms with Crippen LogP contribution >= 0.6 is 7.52 Å². The number of amides is 1. The number of ether oxygens (including phenoxy) is 1. The average molecular weight is 373 g/mol. The minimum Gasteiger partial charge on any atom is -0.788 e. The van der Waals surface area contributed by atoms with E-state index in [1.165, 1.54) is 6.92 Å². The van der Waals surface area contributed by atoms with E-state index in [2.05, 4.69) is 10.4 Å². The molecule has 1 amide bonds. The van der Waals surface area contributed by atoms with Crippen molar-refractivity contribution in [2.45, 2.75) is 43.7 Å². The van der Waals surface area contributed by atoms with Gasteiger partial charge in [-0.1, -0.05) is 30.3 Å². The van der Waals surface area contributed by atoms with Crippen molar-refractivity contribution in [3.05, 3.63) is 35.9 Å². The zero-order valence-corrected chi connectivity index (χ0v) is 14.5. The maximum atomic E-state index is 12.4. The van der Waals surface area contributed by atoms with E-state index in [0.717, 1.165) is 0 Å². The standard InChI is InChI=1S/C15H23N2O7P/c1-9(19)16-12-14(21)13(20)11(7-18)24-15(12)17-25(22,23)8-10-5-3-2-4-6-10/h2-6,11-15,18,20-21H,7-8H2,1H3,(H,16,19)(H2,17,22,23)/p-1/t11-,12-,13-,14-,15-/m1/s1. The molecule has 140 valence electrons. The Balaban J connectivity index is 2.17. The summed E-state index contributed by atoms with van der Waals surface area (Å²) in [6.07, 6.45) is -5.80. The normalized spacial score (nSPS) is 32.0. The molecule has 2 rings (SSSR count). The van der Waals surface area contributed by atoms with Crippen molar-refractivity contribution in [2.24, 2.45) is 0 Å². The van der Waals surface area contributed by atoms with Crippen LogP contribution in [0.15, 0.2) is 30.3 Å². The summed E-state index contributed by atoms with van der Waals surface area (Å²) >= 11 is 0. The number of carbonyl (C=O) groups is 1. The number of hydrogen-bond donors (Lipinski definition) is 5. The van der Waals surface area contributed by atoms with Gasteiger partial charge in [0.1, 0.15) is 24.5 Å². The Morgan fingerprint density at radius 2 is 1.92 bits per heavy atom. The average Bonchev–Trinajstić information content (AvgIpc) is 2.54. The van der Waals surface area contributed by atoms with E-state index in [9.17, 15) is 29.6 Å². The summed E-state index contributed by atoms with van der Waals surface area (Å²) in [5.41, 5.74) is 0.555. The van der Waals surface area contributed by atoms with Gasteiger partial charge in [0.2, 0.25) is 5.91 Å². The molecule has 5 N–H and O–H groups in total. The van der Waals surface area contributed by atoms with Crippen LogP contribution in [0.1, 0.15) is 12.5 Å². The molecule has 9 nitrogen and oxygen atoms in total. The van der Waals surface area contributed by atoms with E-state index in [4.69, 9.17) is 4.74 Å². The number of nitrogens with one attached hydrogen (secondary N) is 2. The van der Waals surface area contributed by atoms with Gasteiger partial charge in [-0.25, -0.2) is 5.09 Å². The summed E-state index contributed by atoms with van der Waals surface area (Å²) in [5.74, 6) is -0.530. The fraction of sp³-hybridized carbons (Fsp3) is 0.533. The van der Waals surface area contributed by atoms with Crippen LogP contribution in [0.4, 0.5) is 0 Å². The first-order chi connectivity index (χ1) is 11.7. The van der Waals surface area contributed by atoms with Crippen LogP contribution in [-0.2, 0) is 20.3 Å². The van der Waals surface area contributed by atoms with Crippen LogP contribution in [0.2, 0.25) is 0 Å². The molecule has 0 radical (unpaired) electrons. The SMILES string of the molecule is CC(=O)N[C@@H]1[C@@H](O)[C@H](O)[C@@H](CO)O[C@H]1NP(=O)([O-])Cc1ccccc1. The van der Waals surface area contributed by atoms with Gasteiger partial charge < -0.3 is 34.8 Å². The summed E-state index contributed by atoms with van der Waals surface area (Å²) in [6.45, 7) is 0.570. The second-order valence-corrected chi connectivity index (χ2v) is 7.85. The Morgan fingerprint density at radius 3 is 2.48 bits per heavy atom. The fourth-order valence-corrected chi connectivity index (χ4v) is 4.08. The molecule has 25 heavy (non-hydrogen) atoms. The molecular weight excluding hydrogens is 351 g/mol. The van der Waals surface area contributed by atoms with Crippen LogP contribution in [0.3, 0.4) is 0 Å². The number of benzene rings is 1. The van der Waals surface area contributed by atoms with E-state index in [-0.39, 0.29) is 6.16 Å². The molecular formula is C15H22N2O7P-.